The number of carbonyl (C=O) groups is 1. The Labute approximate surface area is 186 Å². The summed E-state index contributed by atoms with van der Waals surface area (Å²) in [4.78, 5) is 11.6. The number of halogens is 1. The van der Waals surface area contributed by atoms with Crippen LogP contribution >= 0.6 is 0 Å². The molecule has 0 radical (unpaired) electrons. The molecule has 0 atom stereocenters. The van der Waals surface area contributed by atoms with Crippen LogP contribution in [0.25, 0.3) is 0 Å². The van der Waals surface area contributed by atoms with Crippen LogP contribution in [0.15, 0.2) is 45.0 Å². The molecule has 2 aromatic rings. The second kappa shape index (κ2) is 8.22. The lowest BCUT2D eigenvalue weighted by Crippen LogP contribution is -2.42. The van der Waals surface area contributed by atoms with Crippen LogP contribution in [0, 0.1) is 5.82 Å². The van der Waals surface area contributed by atoms with E-state index in [9.17, 15) is 26.0 Å². The predicted molar refractivity (Wildman–Crippen MR) is 117 cm³/mol. The fourth-order valence-electron chi connectivity index (χ4n) is 4.02. The molecular weight excluding hydrogens is 457 g/mol. The molecule has 172 valence electrons. The molecule has 1 saturated heterocycles. The summed E-state index contributed by atoms with van der Waals surface area (Å²) in [7, 11) is -8.44. The quantitative estimate of drug-likeness (QED) is 0.617. The lowest BCUT2D eigenvalue weighted by atomic mass is 10.0. The Morgan fingerprint density at radius 2 is 1.78 bits per heavy atom. The standard InChI is InChI=1S/C21H24FN3O5S2/c1-12(2)16-10-17-20(11-19(16)32(29,30)25-14-5-7-23-8-6-14)31(27,28)18-9-13(22)3-4-15(18)21(26)24-17/h3-4,9-12,14,23,25H,5-8H2,1-2H3,(H,24,26). The summed E-state index contributed by atoms with van der Waals surface area (Å²) in [6.07, 6.45) is 1.23. The predicted octanol–water partition coefficient (Wildman–Crippen LogP) is 2.38. The van der Waals surface area contributed by atoms with Gasteiger partial charge in [-0.25, -0.2) is 25.9 Å². The number of piperidine rings is 1. The maximum Gasteiger partial charge on any atom is 0.257 e. The van der Waals surface area contributed by atoms with E-state index in [0.29, 0.717) is 31.5 Å². The van der Waals surface area contributed by atoms with Gasteiger partial charge in [-0.05, 0) is 67.7 Å². The van der Waals surface area contributed by atoms with Crippen LogP contribution in [0.3, 0.4) is 0 Å². The highest BCUT2D eigenvalue weighted by atomic mass is 32.2. The molecule has 1 fully saturated rings. The highest BCUT2D eigenvalue weighted by Crippen LogP contribution is 2.38. The molecule has 8 nitrogen and oxygen atoms in total. The molecule has 2 aromatic carbocycles. The molecule has 11 heteroatoms. The number of benzene rings is 2. The van der Waals surface area contributed by atoms with Gasteiger partial charge in [0.1, 0.15) is 5.82 Å². The van der Waals surface area contributed by atoms with Crippen molar-refractivity contribution in [3.8, 4) is 0 Å². The molecule has 2 heterocycles. The van der Waals surface area contributed by atoms with Crippen molar-refractivity contribution >= 4 is 31.5 Å². The van der Waals surface area contributed by atoms with E-state index in [1.165, 1.54) is 6.07 Å². The SMILES string of the molecule is CC(C)c1cc2c(cc1S(=O)(=O)NC1CCNCC1)S(=O)(=O)c1cc(F)ccc1C(=O)N2. The van der Waals surface area contributed by atoms with Gasteiger partial charge in [0.25, 0.3) is 5.91 Å². The minimum absolute atomic E-state index is 0.0314. The van der Waals surface area contributed by atoms with Crippen molar-refractivity contribution in [3.63, 3.8) is 0 Å². The fourth-order valence-corrected chi connectivity index (χ4v) is 7.40. The van der Waals surface area contributed by atoms with Crippen molar-refractivity contribution in [2.24, 2.45) is 0 Å². The van der Waals surface area contributed by atoms with Crippen LogP contribution in [0.5, 0.6) is 0 Å². The van der Waals surface area contributed by atoms with Crippen LogP contribution in [0.2, 0.25) is 0 Å². The van der Waals surface area contributed by atoms with Gasteiger partial charge in [-0.1, -0.05) is 13.8 Å². The average Bonchev–Trinajstić information content (AvgIpc) is 2.80. The zero-order valence-corrected chi connectivity index (χ0v) is 19.2. The average molecular weight is 482 g/mol. The van der Waals surface area contributed by atoms with Gasteiger partial charge < -0.3 is 10.6 Å². The summed E-state index contributed by atoms with van der Waals surface area (Å²) in [6, 6.07) is 5.06. The minimum Gasteiger partial charge on any atom is -0.321 e. The van der Waals surface area contributed by atoms with Gasteiger partial charge in [-0.2, -0.15) is 0 Å². The maximum absolute atomic E-state index is 13.9. The highest BCUT2D eigenvalue weighted by Gasteiger charge is 2.35. The number of fused-ring (bicyclic) bond motifs is 2. The first-order valence-electron chi connectivity index (χ1n) is 10.3. The van der Waals surface area contributed by atoms with Gasteiger partial charge in [0.05, 0.1) is 25.9 Å². The molecule has 0 saturated carbocycles. The third-order valence-corrected chi connectivity index (χ3v) is 9.11. The molecule has 0 bridgehead atoms. The van der Waals surface area contributed by atoms with E-state index in [0.717, 1.165) is 24.3 Å². The second-order valence-electron chi connectivity index (χ2n) is 8.28. The third-order valence-electron chi connectivity index (χ3n) is 5.70. The van der Waals surface area contributed by atoms with E-state index in [-0.39, 0.29) is 33.0 Å². The van der Waals surface area contributed by atoms with Crippen molar-refractivity contribution in [3.05, 3.63) is 47.3 Å². The molecule has 3 N–H and O–H groups in total. The van der Waals surface area contributed by atoms with Crippen LogP contribution < -0.4 is 15.4 Å². The Balaban J connectivity index is 1.91. The Morgan fingerprint density at radius 3 is 2.44 bits per heavy atom. The molecule has 0 spiro atoms. The van der Waals surface area contributed by atoms with E-state index in [1.807, 2.05) is 0 Å². The van der Waals surface area contributed by atoms with Crippen LogP contribution in [0.1, 0.15) is 48.5 Å². The van der Waals surface area contributed by atoms with Crippen molar-refractivity contribution in [1.29, 1.82) is 0 Å². The number of amides is 1. The molecule has 1 amide bonds. The van der Waals surface area contributed by atoms with E-state index >= 15 is 0 Å². The first-order valence-corrected chi connectivity index (χ1v) is 13.2. The number of rotatable bonds is 4. The third kappa shape index (κ3) is 4.05. The zero-order chi connectivity index (χ0) is 23.3. The number of anilines is 1. The van der Waals surface area contributed by atoms with Crippen molar-refractivity contribution < 1.29 is 26.0 Å². The maximum atomic E-state index is 13.9. The van der Waals surface area contributed by atoms with E-state index in [2.05, 4.69) is 15.4 Å². The number of sulfone groups is 1. The lowest BCUT2D eigenvalue weighted by molar-refractivity contribution is 0.102. The topological polar surface area (TPSA) is 121 Å². The normalized spacial score (nSPS) is 18.6. The summed E-state index contributed by atoms with van der Waals surface area (Å²) in [5, 5.41) is 5.71. The summed E-state index contributed by atoms with van der Waals surface area (Å²) >= 11 is 0. The zero-order valence-electron chi connectivity index (χ0n) is 17.6. The molecule has 0 aromatic heterocycles. The first-order chi connectivity index (χ1) is 15.0. The molecule has 0 unspecified atom stereocenters. The molecule has 4 rings (SSSR count). The molecular formula is C21H24FN3O5S2. The van der Waals surface area contributed by atoms with Crippen molar-refractivity contribution in [2.45, 2.75) is 53.3 Å². The Bertz CT molecular complexity index is 1300. The summed E-state index contributed by atoms with van der Waals surface area (Å²) in [5.74, 6) is -1.80. The Morgan fingerprint density at radius 1 is 1.09 bits per heavy atom. The number of hydrogen-bond acceptors (Lipinski definition) is 6. The van der Waals surface area contributed by atoms with E-state index in [4.69, 9.17) is 0 Å². The van der Waals surface area contributed by atoms with Crippen LogP contribution in [-0.4, -0.2) is 41.9 Å². The minimum atomic E-state index is -4.38. The largest absolute Gasteiger partial charge is 0.321 e. The summed E-state index contributed by atoms with van der Waals surface area (Å²) < 4.78 is 69.9. The van der Waals surface area contributed by atoms with Gasteiger partial charge in [-0.3, -0.25) is 4.79 Å². The number of sulfonamides is 1. The highest BCUT2D eigenvalue weighted by molar-refractivity contribution is 7.92. The van der Waals surface area contributed by atoms with Gasteiger partial charge in [0.15, 0.2) is 0 Å². The Hall–Kier alpha value is -2.34. The lowest BCUT2D eigenvalue weighted by Gasteiger charge is -2.25. The Kier molecular flexibility index (Phi) is 5.86. The number of nitrogens with one attached hydrogen (secondary N) is 3. The van der Waals surface area contributed by atoms with Gasteiger partial charge in [0.2, 0.25) is 19.9 Å². The smallest absolute Gasteiger partial charge is 0.257 e. The van der Waals surface area contributed by atoms with Crippen molar-refractivity contribution in [1.82, 2.24) is 10.0 Å². The molecule has 32 heavy (non-hydrogen) atoms. The number of hydrogen-bond donors (Lipinski definition) is 3. The van der Waals surface area contributed by atoms with Gasteiger partial charge >= 0.3 is 0 Å². The molecule has 2 aliphatic rings. The molecule has 0 aliphatic carbocycles. The monoisotopic (exact) mass is 481 g/mol. The van der Waals surface area contributed by atoms with Gasteiger partial charge in [0, 0.05) is 6.04 Å². The summed E-state index contributed by atoms with van der Waals surface area (Å²) in [6.45, 7) is 4.92. The van der Waals surface area contributed by atoms with E-state index in [1.54, 1.807) is 13.8 Å². The van der Waals surface area contributed by atoms with Crippen LogP contribution in [0.4, 0.5) is 10.1 Å². The molecule has 2 aliphatic heterocycles. The van der Waals surface area contributed by atoms with Crippen LogP contribution in [-0.2, 0) is 19.9 Å². The number of carbonyl (C=O) groups excluding carboxylic acids is 1. The fraction of sp³-hybridized carbons (Fsp3) is 0.381. The second-order valence-corrected chi connectivity index (χ2v) is 11.9. The van der Waals surface area contributed by atoms with E-state index < -0.39 is 36.5 Å². The van der Waals surface area contributed by atoms with Crippen molar-refractivity contribution in [2.75, 3.05) is 18.4 Å². The first kappa shape index (κ1) is 22.8. The summed E-state index contributed by atoms with van der Waals surface area (Å²) in [5.41, 5.74) is 0.139. The van der Waals surface area contributed by atoms with Gasteiger partial charge in [-0.15, -0.1) is 0 Å².